The third-order valence-corrected chi connectivity index (χ3v) is 3.60. The number of carbonyl (C=O) groups excluding carboxylic acids is 1. The molecule has 1 N–H and O–H groups in total. The molecule has 1 saturated heterocycles. The molecule has 1 heterocycles. The van der Waals surface area contributed by atoms with E-state index in [1.54, 1.807) is 0 Å². The van der Waals surface area contributed by atoms with E-state index in [2.05, 4.69) is 5.32 Å². The minimum Gasteiger partial charge on any atom is -0.445 e. The third kappa shape index (κ3) is 4.24. The van der Waals surface area contributed by atoms with Crippen LogP contribution in [-0.2, 0) is 11.3 Å². The highest BCUT2D eigenvalue weighted by Crippen LogP contribution is 2.12. The lowest BCUT2D eigenvalue weighted by atomic mass is 10.1. The van der Waals surface area contributed by atoms with Gasteiger partial charge in [0.2, 0.25) is 0 Å². The van der Waals surface area contributed by atoms with E-state index in [0.717, 1.165) is 37.9 Å². The van der Waals surface area contributed by atoms with E-state index in [4.69, 9.17) is 4.74 Å². The van der Waals surface area contributed by atoms with Gasteiger partial charge in [0.1, 0.15) is 6.61 Å². The monoisotopic (exact) mass is 262 g/mol. The molecule has 0 aromatic heterocycles. The molecule has 0 saturated carbocycles. The van der Waals surface area contributed by atoms with Crippen molar-refractivity contribution in [2.24, 2.45) is 0 Å². The number of ether oxygens (including phenoxy) is 1. The van der Waals surface area contributed by atoms with Crippen molar-refractivity contribution < 1.29 is 9.53 Å². The Morgan fingerprint density at radius 3 is 2.84 bits per heavy atom. The molecule has 1 aromatic rings. The number of carbonyl (C=O) groups is 1. The van der Waals surface area contributed by atoms with Gasteiger partial charge in [-0.1, -0.05) is 30.3 Å². The van der Waals surface area contributed by atoms with Gasteiger partial charge >= 0.3 is 6.09 Å². The van der Waals surface area contributed by atoms with Gasteiger partial charge in [-0.05, 0) is 31.9 Å². The van der Waals surface area contributed by atoms with Crippen molar-refractivity contribution in [2.45, 2.75) is 31.9 Å². The van der Waals surface area contributed by atoms with Crippen LogP contribution in [0.5, 0.6) is 0 Å². The highest BCUT2D eigenvalue weighted by Gasteiger charge is 2.20. The first-order chi connectivity index (χ1) is 9.29. The molecule has 1 aliphatic heterocycles. The summed E-state index contributed by atoms with van der Waals surface area (Å²) >= 11 is 0. The number of benzene rings is 1. The molecule has 4 nitrogen and oxygen atoms in total. The standard InChI is InChI=1S/C15H22N2O2/c1-16-14-8-5-10-17(11-9-14)15(18)19-12-13-6-3-2-4-7-13/h2-4,6-7,14,16H,5,8-12H2,1H3. The van der Waals surface area contributed by atoms with E-state index >= 15 is 0 Å². The highest BCUT2D eigenvalue weighted by atomic mass is 16.6. The van der Waals surface area contributed by atoms with Crippen LogP contribution in [0.2, 0.25) is 0 Å². The summed E-state index contributed by atoms with van der Waals surface area (Å²) in [5.74, 6) is 0. The molecule has 0 bridgehead atoms. The Morgan fingerprint density at radius 2 is 2.11 bits per heavy atom. The maximum atomic E-state index is 12.0. The van der Waals surface area contributed by atoms with Gasteiger partial charge in [0.05, 0.1) is 0 Å². The van der Waals surface area contributed by atoms with Crippen LogP contribution in [0.15, 0.2) is 30.3 Å². The summed E-state index contributed by atoms with van der Waals surface area (Å²) in [6.45, 7) is 1.93. The van der Waals surface area contributed by atoms with E-state index in [1.165, 1.54) is 0 Å². The first kappa shape index (κ1) is 13.9. The van der Waals surface area contributed by atoms with Gasteiger partial charge < -0.3 is 15.0 Å². The van der Waals surface area contributed by atoms with Crippen LogP contribution in [0.25, 0.3) is 0 Å². The topological polar surface area (TPSA) is 41.6 Å². The van der Waals surface area contributed by atoms with E-state index in [-0.39, 0.29) is 6.09 Å². The van der Waals surface area contributed by atoms with Gasteiger partial charge in [-0.25, -0.2) is 4.79 Å². The number of hydrogen-bond acceptors (Lipinski definition) is 3. The van der Waals surface area contributed by atoms with Crippen LogP contribution in [-0.4, -0.2) is 37.2 Å². The number of likely N-dealkylation sites (tertiary alicyclic amines) is 1. The second kappa shape index (κ2) is 7.14. The molecule has 104 valence electrons. The van der Waals surface area contributed by atoms with Crippen molar-refractivity contribution >= 4 is 6.09 Å². The fraction of sp³-hybridized carbons (Fsp3) is 0.533. The molecule has 1 amide bonds. The molecule has 2 rings (SSSR count). The van der Waals surface area contributed by atoms with Gasteiger partial charge in [0.25, 0.3) is 0 Å². The average Bonchev–Trinajstić information content (AvgIpc) is 2.71. The zero-order valence-electron chi connectivity index (χ0n) is 11.5. The predicted molar refractivity (Wildman–Crippen MR) is 74.9 cm³/mol. The fourth-order valence-corrected chi connectivity index (χ4v) is 2.38. The van der Waals surface area contributed by atoms with Crippen molar-refractivity contribution in [2.75, 3.05) is 20.1 Å². The van der Waals surface area contributed by atoms with E-state index in [1.807, 2.05) is 42.3 Å². The normalized spacial score (nSPS) is 19.8. The van der Waals surface area contributed by atoms with E-state index in [0.29, 0.717) is 12.6 Å². The second-order valence-electron chi connectivity index (χ2n) is 4.94. The van der Waals surface area contributed by atoms with Crippen LogP contribution in [0.4, 0.5) is 4.79 Å². The number of hydrogen-bond donors (Lipinski definition) is 1. The summed E-state index contributed by atoms with van der Waals surface area (Å²) in [6, 6.07) is 10.3. The molecular formula is C15H22N2O2. The molecule has 0 aliphatic carbocycles. The molecule has 1 unspecified atom stereocenters. The van der Waals surface area contributed by atoms with Crippen molar-refractivity contribution in [3.05, 3.63) is 35.9 Å². The summed E-state index contributed by atoms with van der Waals surface area (Å²) in [7, 11) is 1.98. The molecular weight excluding hydrogens is 240 g/mol. The van der Waals surface area contributed by atoms with Gasteiger partial charge in [-0.15, -0.1) is 0 Å². The molecule has 1 fully saturated rings. The predicted octanol–water partition coefficient (Wildman–Crippen LogP) is 2.40. The Kier molecular flexibility index (Phi) is 5.21. The van der Waals surface area contributed by atoms with E-state index < -0.39 is 0 Å². The maximum Gasteiger partial charge on any atom is 0.410 e. The summed E-state index contributed by atoms with van der Waals surface area (Å²) in [5.41, 5.74) is 1.03. The summed E-state index contributed by atoms with van der Waals surface area (Å²) in [4.78, 5) is 13.8. The zero-order chi connectivity index (χ0) is 13.5. The van der Waals surface area contributed by atoms with Crippen LogP contribution in [0.1, 0.15) is 24.8 Å². The molecule has 1 aliphatic rings. The van der Waals surface area contributed by atoms with Crippen molar-refractivity contribution in [1.29, 1.82) is 0 Å². The van der Waals surface area contributed by atoms with Crippen molar-refractivity contribution in [3.63, 3.8) is 0 Å². The van der Waals surface area contributed by atoms with Gasteiger partial charge in [0, 0.05) is 19.1 Å². The zero-order valence-corrected chi connectivity index (χ0v) is 11.5. The number of nitrogens with zero attached hydrogens (tertiary/aromatic N) is 1. The SMILES string of the molecule is CNC1CCCN(C(=O)OCc2ccccc2)CC1. The van der Waals surface area contributed by atoms with E-state index in [9.17, 15) is 4.79 Å². The Hall–Kier alpha value is -1.55. The Labute approximate surface area is 114 Å². The van der Waals surface area contributed by atoms with Crippen molar-refractivity contribution in [3.8, 4) is 0 Å². The van der Waals surface area contributed by atoms with Gasteiger partial charge in [-0.2, -0.15) is 0 Å². The smallest absolute Gasteiger partial charge is 0.410 e. The largest absolute Gasteiger partial charge is 0.445 e. The first-order valence-corrected chi connectivity index (χ1v) is 6.92. The first-order valence-electron chi connectivity index (χ1n) is 6.92. The minimum absolute atomic E-state index is 0.194. The van der Waals surface area contributed by atoms with Crippen LogP contribution in [0.3, 0.4) is 0 Å². The van der Waals surface area contributed by atoms with Crippen LogP contribution >= 0.6 is 0 Å². The quantitative estimate of drug-likeness (QED) is 0.909. The Balaban J connectivity index is 1.79. The number of nitrogens with one attached hydrogen (secondary N) is 1. The molecule has 0 spiro atoms. The molecule has 1 atom stereocenters. The Bertz CT molecular complexity index is 394. The maximum absolute atomic E-state index is 12.0. The molecule has 1 aromatic carbocycles. The van der Waals surface area contributed by atoms with Crippen LogP contribution in [0, 0.1) is 0 Å². The van der Waals surface area contributed by atoms with Gasteiger partial charge in [-0.3, -0.25) is 0 Å². The number of rotatable bonds is 3. The number of amides is 1. The summed E-state index contributed by atoms with van der Waals surface area (Å²) < 4.78 is 5.36. The highest BCUT2D eigenvalue weighted by molar-refractivity contribution is 5.67. The van der Waals surface area contributed by atoms with Gasteiger partial charge in [0.15, 0.2) is 0 Å². The minimum atomic E-state index is -0.194. The lowest BCUT2D eigenvalue weighted by Gasteiger charge is -2.20. The average molecular weight is 262 g/mol. The lowest BCUT2D eigenvalue weighted by molar-refractivity contribution is 0.0972. The molecule has 0 radical (unpaired) electrons. The Morgan fingerprint density at radius 1 is 1.32 bits per heavy atom. The molecule has 4 heteroatoms. The summed E-state index contributed by atoms with van der Waals surface area (Å²) in [5, 5.41) is 3.28. The summed E-state index contributed by atoms with van der Waals surface area (Å²) in [6.07, 6.45) is 2.96. The molecule has 19 heavy (non-hydrogen) atoms. The van der Waals surface area contributed by atoms with Crippen molar-refractivity contribution in [1.82, 2.24) is 10.2 Å². The third-order valence-electron chi connectivity index (χ3n) is 3.60. The second-order valence-corrected chi connectivity index (χ2v) is 4.94. The fourth-order valence-electron chi connectivity index (χ4n) is 2.38. The lowest BCUT2D eigenvalue weighted by Crippen LogP contribution is -2.33. The van der Waals surface area contributed by atoms with Crippen LogP contribution < -0.4 is 5.32 Å².